The van der Waals surface area contributed by atoms with E-state index in [1.54, 1.807) is 13.0 Å². The topological polar surface area (TPSA) is 92.7 Å². The van der Waals surface area contributed by atoms with Gasteiger partial charge in [0.1, 0.15) is 23.2 Å². The van der Waals surface area contributed by atoms with Crippen LogP contribution >= 0.6 is 0 Å². The number of anilines is 1. The van der Waals surface area contributed by atoms with Gasteiger partial charge in [0.2, 0.25) is 0 Å². The number of carbonyl (C=O) groups is 1. The number of likely N-dealkylation sites (N-methyl/N-ethyl adjacent to an activating group) is 1. The SMILES string of the molecule is C/C(=C(/C#N)C(=O)NC(C)(C)CCO)c1ccc(-c2ccc3cc(N4CCN(C)CC4)ccc3c2)o1. The number of fused-ring (bicyclic) bond motifs is 1. The molecule has 0 aliphatic carbocycles. The highest BCUT2D eigenvalue weighted by molar-refractivity contribution is 6.04. The van der Waals surface area contributed by atoms with Crippen molar-refractivity contribution in [2.45, 2.75) is 32.7 Å². The smallest absolute Gasteiger partial charge is 0.262 e. The summed E-state index contributed by atoms with van der Waals surface area (Å²) in [7, 11) is 2.16. The number of hydrogen-bond donors (Lipinski definition) is 2. The Labute approximate surface area is 212 Å². The third-order valence-corrected chi connectivity index (χ3v) is 6.85. The van der Waals surface area contributed by atoms with Gasteiger partial charge in [-0.2, -0.15) is 5.26 Å². The standard InChI is InChI=1S/C29H34N4O3/c1-20(25(19-30)28(35)31-29(2,3)11-16-34)26-9-10-27(36-26)23-6-5-22-18-24(8-7-21(22)17-23)33-14-12-32(4)13-15-33/h5-10,17-18,34H,11-16H2,1-4H3,(H,31,35)/b25-20+. The lowest BCUT2D eigenvalue weighted by atomic mass is 9.99. The number of nitrogens with zero attached hydrogens (tertiary/aromatic N) is 3. The van der Waals surface area contributed by atoms with E-state index in [0.717, 1.165) is 37.1 Å². The predicted octanol–water partition coefficient (Wildman–Crippen LogP) is 4.43. The molecule has 188 valence electrons. The van der Waals surface area contributed by atoms with E-state index in [9.17, 15) is 15.2 Å². The number of furan rings is 1. The van der Waals surface area contributed by atoms with Gasteiger partial charge in [0.15, 0.2) is 0 Å². The quantitative estimate of drug-likeness (QED) is 0.379. The number of amides is 1. The maximum Gasteiger partial charge on any atom is 0.262 e. The molecule has 1 aliphatic rings. The van der Waals surface area contributed by atoms with Crippen molar-refractivity contribution in [2.24, 2.45) is 0 Å². The summed E-state index contributed by atoms with van der Waals surface area (Å²) in [5.74, 6) is 0.670. The molecular weight excluding hydrogens is 452 g/mol. The van der Waals surface area contributed by atoms with Gasteiger partial charge in [-0.3, -0.25) is 4.79 Å². The van der Waals surface area contributed by atoms with Crippen LogP contribution in [0, 0.1) is 11.3 Å². The fraction of sp³-hybridized carbons (Fsp3) is 0.379. The molecule has 7 nitrogen and oxygen atoms in total. The molecule has 0 spiro atoms. The lowest BCUT2D eigenvalue weighted by Crippen LogP contribution is -2.44. The van der Waals surface area contributed by atoms with E-state index >= 15 is 0 Å². The summed E-state index contributed by atoms with van der Waals surface area (Å²) in [5, 5.41) is 24.0. The molecule has 1 saturated heterocycles. The molecule has 0 radical (unpaired) electrons. The molecule has 1 aliphatic heterocycles. The summed E-state index contributed by atoms with van der Waals surface area (Å²) >= 11 is 0. The number of carbonyl (C=O) groups excluding carboxylic acids is 1. The zero-order valence-electron chi connectivity index (χ0n) is 21.5. The molecule has 0 atom stereocenters. The second-order valence-corrected chi connectivity index (χ2v) is 10.1. The van der Waals surface area contributed by atoms with Gasteiger partial charge in [0, 0.05) is 55.1 Å². The van der Waals surface area contributed by atoms with Crippen molar-refractivity contribution >= 4 is 27.9 Å². The minimum atomic E-state index is -0.627. The molecule has 1 amide bonds. The zero-order chi connectivity index (χ0) is 25.9. The number of piperazine rings is 1. The van der Waals surface area contributed by atoms with Crippen LogP contribution < -0.4 is 10.2 Å². The minimum Gasteiger partial charge on any atom is -0.456 e. The first-order valence-corrected chi connectivity index (χ1v) is 12.3. The van der Waals surface area contributed by atoms with Crippen LogP contribution in [-0.4, -0.2) is 61.3 Å². The van der Waals surface area contributed by atoms with Gasteiger partial charge in [0.05, 0.1) is 0 Å². The highest BCUT2D eigenvalue weighted by Gasteiger charge is 2.24. The van der Waals surface area contributed by atoms with Crippen molar-refractivity contribution in [1.82, 2.24) is 10.2 Å². The van der Waals surface area contributed by atoms with Crippen LogP contribution in [0.5, 0.6) is 0 Å². The van der Waals surface area contributed by atoms with E-state index in [0.29, 0.717) is 23.5 Å². The van der Waals surface area contributed by atoms with Crippen LogP contribution in [0.4, 0.5) is 5.69 Å². The molecule has 0 saturated carbocycles. The van der Waals surface area contributed by atoms with Gasteiger partial charge in [-0.25, -0.2) is 0 Å². The Bertz CT molecular complexity index is 1320. The van der Waals surface area contributed by atoms with Crippen molar-refractivity contribution in [2.75, 3.05) is 44.7 Å². The molecule has 0 bridgehead atoms. The number of hydrogen-bond acceptors (Lipinski definition) is 6. The average molecular weight is 487 g/mol. The molecule has 2 heterocycles. The molecule has 0 unspecified atom stereocenters. The van der Waals surface area contributed by atoms with E-state index in [1.165, 1.54) is 11.1 Å². The summed E-state index contributed by atoms with van der Waals surface area (Å²) in [6, 6.07) is 18.5. The van der Waals surface area contributed by atoms with Gasteiger partial charge in [-0.1, -0.05) is 18.2 Å². The van der Waals surface area contributed by atoms with Crippen molar-refractivity contribution in [1.29, 1.82) is 5.26 Å². The van der Waals surface area contributed by atoms with Crippen LogP contribution in [0.3, 0.4) is 0 Å². The Hall–Kier alpha value is -3.60. The maximum absolute atomic E-state index is 12.7. The predicted molar refractivity (Wildman–Crippen MR) is 143 cm³/mol. The number of rotatable bonds is 7. The molecular formula is C29H34N4O3. The first-order valence-electron chi connectivity index (χ1n) is 12.3. The molecule has 4 rings (SSSR count). The Morgan fingerprint density at radius 3 is 2.47 bits per heavy atom. The fourth-order valence-corrected chi connectivity index (χ4v) is 4.48. The van der Waals surface area contributed by atoms with Crippen molar-refractivity contribution in [3.8, 4) is 17.4 Å². The summed E-state index contributed by atoms with van der Waals surface area (Å²) in [6.45, 7) is 9.48. The second-order valence-electron chi connectivity index (χ2n) is 10.1. The molecule has 2 N–H and O–H groups in total. The summed E-state index contributed by atoms with van der Waals surface area (Å²) in [5.41, 5.74) is 2.02. The van der Waals surface area contributed by atoms with Crippen LogP contribution in [-0.2, 0) is 4.79 Å². The number of benzene rings is 2. The summed E-state index contributed by atoms with van der Waals surface area (Å²) in [6.07, 6.45) is 0.389. The molecule has 7 heteroatoms. The van der Waals surface area contributed by atoms with Crippen LogP contribution in [0.1, 0.15) is 33.0 Å². The van der Waals surface area contributed by atoms with E-state index in [1.807, 2.05) is 32.0 Å². The van der Waals surface area contributed by atoms with Gasteiger partial charge < -0.3 is 24.6 Å². The number of nitrogens with one attached hydrogen (secondary N) is 1. The van der Waals surface area contributed by atoms with E-state index < -0.39 is 11.4 Å². The largest absolute Gasteiger partial charge is 0.456 e. The molecule has 3 aromatic rings. The summed E-state index contributed by atoms with van der Waals surface area (Å²) in [4.78, 5) is 17.5. The van der Waals surface area contributed by atoms with Crippen LogP contribution in [0.2, 0.25) is 0 Å². The van der Waals surface area contributed by atoms with Gasteiger partial charge in [0.25, 0.3) is 5.91 Å². The van der Waals surface area contributed by atoms with Crippen LogP contribution in [0.25, 0.3) is 27.7 Å². The van der Waals surface area contributed by atoms with E-state index in [-0.39, 0.29) is 12.2 Å². The average Bonchev–Trinajstić information content (AvgIpc) is 3.34. The van der Waals surface area contributed by atoms with Crippen molar-refractivity contribution < 1.29 is 14.3 Å². The molecule has 36 heavy (non-hydrogen) atoms. The van der Waals surface area contributed by atoms with Crippen molar-refractivity contribution in [3.63, 3.8) is 0 Å². The first kappa shape index (κ1) is 25.5. The molecule has 2 aromatic carbocycles. The Kier molecular flexibility index (Phi) is 7.48. The number of allylic oxidation sites excluding steroid dienone is 1. The number of aliphatic hydroxyl groups excluding tert-OH is 1. The normalized spacial score (nSPS) is 15.5. The van der Waals surface area contributed by atoms with Gasteiger partial charge in [-0.05, 0) is 75.3 Å². The molecule has 1 fully saturated rings. The maximum atomic E-state index is 12.7. The molecule has 1 aromatic heterocycles. The second kappa shape index (κ2) is 10.6. The Morgan fingerprint density at radius 1 is 1.08 bits per heavy atom. The third kappa shape index (κ3) is 5.62. The highest BCUT2D eigenvalue weighted by Crippen LogP contribution is 2.31. The highest BCUT2D eigenvalue weighted by atomic mass is 16.3. The lowest BCUT2D eigenvalue weighted by Gasteiger charge is -2.34. The van der Waals surface area contributed by atoms with Crippen LogP contribution in [0.15, 0.2) is 58.5 Å². The fourth-order valence-electron chi connectivity index (χ4n) is 4.48. The monoisotopic (exact) mass is 486 g/mol. The Balaban J connectivity index is 1.56. The lowest BCUT2D eigenvalue weighted by molar-refractivity contribution is -0.118. The van der Waals surface area contributed by atoms with E-state index in [2.05, 4.69) is 52.5 Å². The van der Waals surface area contributed by atoms with Crippen molar-refractivity contribution in [3.05, 3.63) is 59.9 Å². The minimum absolute atomic E-state index is 0.00291. The Morgan fingerprint density at radius 2 is 1.78 bits per heavy atom. The van der Waals surface area contributed by atoms with Gasteiger partial charge >= 0.3 is 0 Å². The summed E-state index contributed by atoms with van der Waals surface area (Å²) < 4.78 is 6.08. The third-order valence-electron chi connectivity index (χ3n) is 6.85. The van der Waals surface area contributed by atoms with Gasteiger partial charge in [-0.15, -0.1) is 0 Å². The zero-order valence-corrected chi connectivity index (χ0v) is 21.5. The number of aliphatic hydroxyl groups is 1. The number of nitriles is 1. The van der Waals surface area contributed by atoms with E-state index in [4.69, 9.17) is 4.42 Å². The first-order chi connectivity index (χ1) is 17.2.